The van der Waals surface area contributed by atoms with E-state index in [4.69, 9.17) is 5.32 Å². The van der Waals surface area contributed by atoms with Gasteiger partial charge in [0.2, 0.25) is 0 Å². The van der Waals surface area contributed by atoms with E-state index in [1.54, 1.807) is 0 Å². The van der Waals surface area contributed by atoms with E-state index in [1.807, 2.05) is 64.6 Å². The van der Waals surface area contributed by atoms with Crippen LogP contribution in [0.2, 0.25) is 0 Å². The van der Waals surface area contributed by atoms with Gasteiger partial charge in [0.1, 0.15) is 0 Å². The average molecular weight is 349 g/mol. The first-order valence-electron chi connectivity index (χ1n) is 6.46. The molecule has 0 aliphatic heterocycles. The molecule has 0 spiro atoms. The molecule has 0 bridgehead atoms. The minimum atomic E-state index is 0.988. The summed E-state index contributed by atoms with van der Waals surface area (Å²) in [6, 6.07) is 16.4. The van der Waals surface area contributed by atoms with Gasteiger partial charge in [-0.3, -0.25) is 0 Å². The van der Waals surface area contributed by atoms with Crippen LogP contribution in [0.15, 0.2) is 48.5 Å². The van der Waals surface area contributed by atoms with Crippen molar-refractivity contribution in [1.29, 1.82) is 0 Å². The first-order valence-corrected chi connectivity index (χ1v) is 7.82. The van der Waals surface area contributed by atoms with Gasteiger partial charge in [-0.15, -0.1) is 11.4 Å². The molecule has 0 aromatic heterocycles. The van der Waals surface area contributed by atoms with Crippen LogP contribution < -0.4 is 9.80 Å². The number of rotatable bonds is 4. The van der Waals surface area contributed by atoms with Gasteiger partial charge in [-0.05, 0) is 12.1 Å². The molecular formula is C16H20ClN3Ni-. The van der Waals surface area contributed by atoms with Crippen LogP contribution in [0.25, 0.3) is 5.32 Å². The number of hydrogen-bond acceptors (Lipinski definition) is 2. The summed E-state index contributed by atoms with van der Waals surface area (Å²) in [5, 5.41) is 4.80. The summed E-state index contributed by atoms with van der Waals surface area (Å²) in [4.78, 5) is 4.16. The standard InChI is InChI=1S/C16H20N3.ClH.Ni/c1-18(2)15-11-7-5-9-13(15)17-14-10-6-8-12-16(14)19(3)4;;/h5-12H,1-4H3;1H;/q-1;;+1/p-1. The summed E-state index contributed by atoms with van der Waals surface area (Å²) >= 11 is 3.35. The number of anilines is 2. The predicted molar refractivity (Wildman–Crippen MR) is 90.1 cm³/mol. The van der Waals surface area contributed by atoms with Crippen LogP contribution in [0.1, 0.15) is 0 Å². The quantitative estimate of drug-likeness (QED) is 0.737. The maximum absolute atomic E-state index is 4.80. The molecule has 0 aliphatic carbocycles. The zero-order valence-corrected chi connectivity index (χ0v) is 14.4. The van der Waals surface area contributed by atoms with Crippen molar-refractivity contribution in [2.75, 3.05) is 38.0 Å². The second-order valence-corrected chi connectivity index (χ2v) is 4.88. The van der Waals surface area contributed by atoms with Crippen LogP contribution in [0.5, 0.6) is 0 Å². The van der Waals surface area contributed by atoms with Gasteiger partial charge in [0, 0.05) is 39.6 Å². The minimum absolute atomic E-state index is 0.988. The van der Waals surface area contributed by atoms with Gasteiger partial charge in [-0.25, -0.2) is 0 Å². The molecule has 0 aliphatic rings. The predicted octanol–water partition coefficient (Wildman–Crippen LogP) is 4.84. The summed E-state index contributed by atoms with van der Waals surface area (Å²) in [5.41, 5.74) is 4.22. The number of halogens is 1. The zero-order valence-electron chi connectivity index (χ0n) is 12.7. The molecular weight excluding hydrogens is 328 g/mol. The fraction of sp³-hybridized carbons (Fsp3) is 0.250. The Morgan fingerprint density at radius 2 is 1.05 bits per heavy atom. The first-order chi connectivity index (χ1) is 10.1. The molecule has 0 N–H and O–H groups in total. The fourth-order valence-electron chi connectivity index (χ4n) is 2.00. The molecule has 117 valence electrons. The molecule has 0 saturated heterocycles. The summed E-state index contributed by atoms with van der Waals surface area (Å²) in [7, 11) is 12.4. The Kier molecular flexibility index (Phi) is 7.41. The van der Waals surface area contributed by atoms with Crippen molar-refractivity contribution < 1.29 is 14.6 Å². The number of nitrogens with zero attached hydrogens (tertiary/aromatic N) is 3. The van der Waals surface area contributed by atoms with E-state index in [9.17, 15) is 0 Å². The molecule has 0 heterocycles. The Balaban J connectivity index is 0.00000106. The van der Waals surface area contributed by atoms with Crippen LogP contribution in [0.4, 0.5) is 22.7 Å². The van der Waals surface area contributed by atoms with E-state index in [-0.39, 0.29) is 0 Å². The summed E-state index contributed by atoms with van der Waals surface area (Å²) in [5.74, 6) is 0. The van der Waals surface area contributed by atoms with Crippen LogP contribution in [0, 0.1) is 0 Å². The fourth-order valence-corrected chi connectivity index (χ4v) is 2.00. The Bertz CT molecular complexity index is 509. The normalized spacial score (nSPS) is 9.48. The Hall–Kier alpha value is -1.38. The number of hydrogen-bond donors (Lipinski definition) is 0. The topological polar surface area (TPSA) is 20.6 Å². The van der Waals surface area contributed by atoms with E-state index in [0.29, 0.717) is 0 Å². The van der Waals surface area contributed by atoms with Crippen molar-refractivity contribution in [2.45, 2.75) is 0 Å². The molecule has 0 saturated carbocycles. The van der Waals surface area contributed by atoms with Crippen molar-refractivity contribution >= 4 is 32.9 Å². The molecule has 0 amide bonds. The molecule has 3 nitrogen and oxygen atoms in total. The molecule has 0 radical (unpaired) electrons. The third-order valence-electron chi connectivity index (χ3n) is 2.97. The zero-order chi connectivity index (χ0) is 15.8. The van der Waals surface area contributed by atoms with Crippen molar-refractivity contribution in [3.63, 3.8) is 0 Å². The Morgan fingerprint density at radius 1 is 0.714 bits per heavy atom. The Morgan fingerprint density at radius 3 is 1.38 bits per heavy atom. The monoisotopic (exact) mass is 347 g/mol. The second-order valence-electron chi connectivity index (χ2n) is 4.88. The van der Waals surface area contributed by atoms with Crippen molar-refractivity contribution in [3.8, 4) is 0 Å². The van der Waals surface area contributed by atoms with E-state index in [1.165, 1.54) is 0 Å². The molecule has 0 unspecified atom stereocenters. The third-order valence-corrected chi connectivity index (χ3v) is 2.97. The van der Waals surface area contributed by atoms with E-state index >= 15 is 0 Å². The number of benzene rings is 2. The van der Waals surface area contributed by atoms with Crippen LogP contribution in [0.3, 0.4) is 0 Å². The van der Waals surface area contributed by atoms with Crippen molar-refractivity contribution in [2.24, 2.45) is 0 Å². The summed E-state index contributed by atoms with van der Waals surface area (Å²) < 4.78 is 0. The summed E-state index contributed by atoms with van der Waals surface area (Å²) in [6.07, 6.45) is 0. The Labute approximate surface area is 139 Å². The van der Waals surface area contributed by atoms with Gasteiger partial charge in [-0.1, -0.05) is 36.4 Å². The van der Waals surface area contributed by atoms with Gasteiger partial charge in [0.15, 0.2) is 0 Å². The van der Waals surface area contributed by atoms with Gasteiger partial charge in [0.05, 0.1) is 0 Å². The van der Waals surface area contributed by atoms with E-state index < -0.39 is 0 Å². The molecule has 2 aromatic rings. The van der Waals surface area contributed by atoms with E-state index in [2.05, 4.69) is 46.7 Å². The van der Waals surface area contributed by atoms with Crippen LogP contribution in [-0.2, 0) is 14.6 Å². The van der Waals surface area contributed by atoms with Crippen molar-refractivity contribution in [1.82, 2.24) is 0 Å². The molecule has 5 heteroatoms. The van der Waals surface area contributed by atoms with E-state index in [0.717, 1.165) is 22.7 Å². The molecule has 0 atom stereocenters. The van der Waals surface area contributed by atoms with Crippen LogP contribution >= 0.6 is 10.2 Å². The summed E-state index contributed by atoms with van der Waals surface area (Å²) in [6.45, 7) is 0. The van der Waals surface area contributed by atoms with Gasteiger partial charge in [-0.2, -0.15) is 0 Å². The van der Waals surface area contributed by atoms with Gasteiger partial charge in [0.25, 0.3) is 0 Å². The average Bonchev–Trinajstić information content (AvgIpc) is 2.50. The first kappa shape index (κ1) is 17.7. The second kappa shape index (κ2) is 8.81. The maximum atomic E-state index is 4.80. The van der Waals surface area contributed by atoms with Crippen LogP contribution in [-0.4, -0.2) is 28.2 Å². The molecule has 0 fully saturated rings. The third kappa shape index (κ3) is 4.84. The van der Waals surface area contributed by atoms with Gasteiger partial charge >= 0.3 is 24.8 Å². The van der Waals surface area contributed by atoms with Crippen molar-refractivity contribution in [3.05, 3.63) is 53.8 Å². The molecule has 2 rings (SSSR count). The molecule has 21 heavy (non-hydrogen) atoms. The van der Waals surface area contributed by atoms with Gasteiger partial charge < -0.3 is 15.1 Å². The number of para-hydroxylation sites is 4. The molecule has 2 aromatic carbocycles. The SMILES string of the molecule is CN(C)c1ccccc1[N-]c1ccccc1N(C)C.[Cl][Ni].